The number of rotatable bonds is 12. The summed E-state index contributed by atoms with van der Waals surface area (Å²) in [7, 11) is 0. The maximum Gasteiger partial charge on any atom is 3.00 e. The topological polar surface area (TPSA) is 120 Å². The number of carbonyl (C=O) groups is 3. The summed E-state index contributed by atoms with van der Waals surface area (Å²) < 4.78 is 0. The van der Waals surface area contributed by atoms with Crippen molar-refractivity contribution in [3.63, 3.8) is 0 Å². The number of unbranched alkanes of at least 4 members (excludes halogenated alkanes) is 3. The second-order valence-corrected chi connectivity index (χ2v) is 12.4. The SMILES string of the molecule is CC(C)(C)CCCCC(=O)[O-].CC(C)(C)CCCCC(=O)[O-].CC(C)(C)CCCCC(=O)[O-].[Al+3]. The van der Waals surface area contributed by atoms with Crippen LogP contribution in [0.4, 0.5) is 0 Å². The number of carboxylic acids is 3. The maximum atomic E-state index is 10.0. The van der Waals surface area contributed by atoms with Gasteiger partial charge in [-0.25, -0.2) is 0 Å². The fourth-order valence-corrected chi connectivity index (χ4v) is 2.77. The minimum absolute atomic E-state index is 0. The van der Waals surface area contributed by atoms with Gasteiger partial charge in [0.2, 0.25) is 0 Å². The van der Waals surface area contributed by atoms with Crippen LogP contribution in [0.25, 0.3) is 0 Å². The minimum atomic E-state index is -0.932. The van der Waals surface area contributed by atoms with Gasteiger partial charge in [-0.05, 0) is 74.0 Å². The minimum Gasteiger partial charge on any atom is -0.550 e. The molecule has 0 saturated heterocycles. The first-order valence-electron chi connectivity index (χ1n) is 12.3. The molecule has 0 rings (SSSR count). The molecule has 0 amide bonds. The molecule has 34 heavy (non-hydrogen) atoms. The molecule has 6 nitrogen and oxygen atoms in total. The Morgan fingerprint density at radius 2 is 0.618 bits per heavy atom. The van der Waals surface area contributed by atoms with Gasteiger partial charge in [0.05, 0.1) is 0 Å². The molecule has 0 aliphatic rings. The molecule has 0 saturated carbocycles. The summed E-state index contributed by atoms with van der Waals surface area (Å²) in [6, 6.07) is 0. The molecular weight excluding hydrogens is 447 g/mol. The van der Waals surface area contributed by atoms with Gasteiger partial charge in [-0.15, -0.1) is 0 Å². The molecule has 0 aliphatic heterocycles. The molecule has 0 atom stereocenters. The summed E-state index contributed by atoms with van der Waals surface area (Å²) in [6.07, 6.45) is 9.06. The summed E-state index contributed by atoms with van der Waals surface area (Å²) in [4.78, 5) is 30.0. The molecule has 0 bridgehead atoms. The van der Waals surface area contributed by atoms with E-state index in [0.717, 1.165) is 57.8 Å². The van der Waals surface area contributed by atoms with Crippen LogP contribution in [0.2, 0.25) is 0 Å². The van der Waals surface area contributed by atoms with Gasteiger partial charge in [0, 0.05) is 17.9 Å². The fourth-order valence-electron chi connectivity index (χ4n) is 2.77. The summed E-state index contributed by atoms with van der Waals surface area (Å²) in [6.45, 7) is 19.4. The van der Waals surface area contributed by atoms with Gasteiger partial charge in [0.25, 0.3) is 0 Å². The monoisotopic (exact) mass is 498 g/mol. The Kier molecular flexibility index (Phi) is 25.1. The summed E-state index contributed by atoms with van der Waals surface area (Å²) >= 11 is 0. The normalized spacial score (nSPS) is 11.2. The Hall–Kier alpha value is -1.06. The van der Waals surface area contributed by atoms with Crippen LogP contribution in [0.5, 0.6) is 0 Å². The van der Waals surface area contributed by atoms with E-state index in [1.54, 1.807) is 0 Å². The molecule has 0 aromatic carbocycles. The van der Waals surface area contributed by atoms with E-state index < -0.39 is 17.9 Å². The molecule has 0 radical (unpaired) electrons. The van der Waals surface area contributed by atoms with Crippen molar-refractivity contribution in [3.05, 3.63) is 0 Å². The van der Waals surface area contributed by atoms with E-state index in [-0.39, 0.29) is 36.6 Å². The van der Waals surface area contributed by atoms with E-state index in [2.05, 4.69) is 62.3 Å². The van der Waals surface area contributed by atoms with E-state index >= 15 is 0 Å². The summed E-state index contributed by atoms with van der Waals surface area (Å²) in [5, 5.41) is 30.0. The van der Waals surface area contributed by atoms with Crippen molar-refractivity contribution < 1.29 is 29.7 Å². The van der Waals surface area contributed by atoms with Crippen LogP contribution in [0.15, 0.2) is 0 Å². The molecule has 0 aromatic rings. The third-order valence-electron chi connectivity index (χ3n) is 4.67. The standard InChI is InChI=1S/3C9H18O2.Al/c3*1-9(2,3)7-5-4-6-8(10)11;/h3*4-7H2,1-3H3,(H,10,11);/q;;;+3/p-3. The zero-order chi connectivity index (χ0) is 26.7. The van der Waals surface area contributed by atoms with Crippen molar-refractivity contribution in [1.82, 2.24) is 0 Å². The first-order valence-corrected chi connectivity index (χ1v) is 12.3. The molecule has 0 spiro atoms. The van der Waals surface area contributed by atoms with Gasteiger partial charge in [0.1, 0.15) is 0 Å². The molecule has 0 heterocycles. The Morgan fingerprint density at radius 1 is 0.441 bits per heavy atom. The third kappa shape index (κ3) is 52.7. The van der Waals surface area contributed by atoms with Crippen molar-refractivity contribution in [2.24, 2.45) is 16.2 Å². The van der Waals surface area contributed by atoms with Crippen molar-refractivity contribution >= 4 is 35.3 Å². The Bertz CT molecular complexity index is 449. The first kappa shape index (κ1) is 40.1. The molecule has 0 aromatic heterocycles. The van der Waals surface area contributed by atoms with Crippen LogP contribution in [-0.4, -0.2) is 35.3 Å². The number of aliphatic carboxylic acids is 3. The van der Waals surface area contributed by atoms with E-state index in [1.807, 2.05) is 0 Å². The average Bonchev–Trinajstić information content (AvgIpc) is 2.58. The molecule has 7 heteroatoms. The van der Waals surface area contributed by atoms with Gasteiger partial charge in [-0.2, -0.15) is 0 Å². The second-order valence-electron chi connectivity index (χ2n) is 12.4. The summed E-state index contributed by atoms with van der Waals surface area (Å²) in [5.74, 6) is -2.79. The Labute approximate surface area is 220 Å². The predicted octanol–water partition coefficient (Wildman–Crippen LogP) is 3.65. The van der Waals surface area contributed by atoms with Crippen LogP contribution < -0.4 is 15.3 Å². The quantitative estimate of drug-likeness (QED) is 0.299. The molecule has 0 N–H and O–H groups in total. The van der Waals surface area contributed by atoms with Gasteiger partial charge in [-0.3, -0.25) is 0 Å². The number of carboxylic acid groups (broad SMARTS) is 3. The van der Waals surface area contributed by atoms with Crippen LogP contribution in [0.3, 0.4) is 0 Å². The third-order valence-corrected chi connectivity index (χ3v) is 4.67. The largest absolute Gasteiger partial charge is 3.00 e. The number of hydrogen-bond donors (Lipinski definition) is 0. The van der Waals surface area contributed by atoms with Crippen molar-refractivity contribution in [1.29, 1.82) is 0 Å². The predicted molar refractivity (Wildman–Crippen MR) is 135 cm³/mol. The van der Waals surface area contributed by atoms with Crippen molar-refractivity contribution in [2.75, 3.05) is 0 Å². The van der Waals surface area contributed by atoms with Crippen molar-refractivity contribution in [2.45, 2.75) is 139 Å². The second kappa shape index (κ2) is 21.2. The fraction of sp³-hybridized carbons (Fsp3) is 0.889. The van der Waals surface area contributed by atoms with Gasteiger partial charge >= 0.3 is 17.4 Å². The van der Waals surface area contributed by atoms with Gasteiger partial charge < -0.3 is 29.7 Å². The van der Waals surface area contributed by atoms with E-state index in [4.69, 9.17) is 0 Å². The average molecular weight is 499 g/mol. The molecule has 0 aliphatic carbocycles. The van der Waals surface area contributed by atoms with Crippen molar-refractivity contribution in [3.8, 4) is 0 Å². The van der Waals surface area contributed by atoms with E-state index in [1.165, 1.54) is 0 Å². The summed E-state index contributed by atoms with van der Waals surface area (Å²) in [5.41, 5.74) is 0.976. The molecule has 0 unspecified atom stereocenters. The van der Waals surface area contributed by atoms with Crippen LogP contribution in [-0.2, 0) is 14.4 Å². The molecule has 198 valence electrons. The van der Waals surface area contributed by atoms with Gasteiger partial charge in [-0.1, -0.05) is 81.6 Å². The molecule has 0 fully saturated rings. The Morgan fingerprint density at radius 3 is 0.735 bits per heavy atom. The van der Waals surface area contributed by atoms with E-state index in [0.29, 0.717) is 16.2 Å². The van der Waals surface area contributed by atoms with Gasteiger partial charge in [0.15, 0.2) is 0 Å². The van der Waals surface area contributed by atoms with Crippen LogP contribution in [0.1, 0.15) is 139 Å². The van der Waals surface area contributed by atoms with E-state index in [9.17, 15) is 29.7 Å². The number of carbonyl (C=O) groups excluding carboxylic acids is 3. The maximum absolute atomic E-state index is 10.0. The zero-order valence-corrected chi connectivity index (χ0v) is 24.7. The molecular formula is C27H51AlO6. The zero-order valence-electron chi connectivity index (χ0n) is 23.5. The number of hydrogen-bond acceptors (Lipinski definition) is 6. The van der Waals surface area contributed by atoms with Crippen LogP contribution >= 0.6 is 0 Å². The smallest absolute Gasteiger partial charge is 0.550 e. The first-order chi connectivity index (χ1) is 14.7. The van der Waals surface area contributed by atoms with Crippen LogP contribution in [0, 0.1) is 16.2 Å². The Balaban J connectivity index is -0.000000196.